The molecule has 11 heteroatoms. The van der Waals surface area contributed by atoms with Gasteiger partial charge in [0.25, 0.3) is 5.91 Å². The Morgan fingerprint density at radius 1 is 1.27 bits per heavy atom. The van der Waals surface area contributed by atoms with Crippen molar-refractivity contribution in [1.82, 2.24) is 34.8 Å². The molecule has 1 N–H and O–H groups in total. The van der Waals surface area contributed by atoms with Crippen LogP contribution in [0.3, 0.4) is 0 Å². The molecule has 2 saturated heterocycles. The number of hydrogen-bond acceptors (Lipinski definition) is 6. The summed E-state index contributed by atoms with van der Waals surface area (Å²) in [5.41, 5.74) is -0.802. The summed E-state index contributed by atoms with van der Waals surface area (Å²) < 4.78 is 1.82. The number of rotatable bonds is 4. The molecule has 1 aromatic heterocycles. The Hall–Kier alpha value is -2.30. The fraction of sp³-hybridized carbons (Fsp3) is 0.667. The lowest BCUT2D eigenvalue weighted by Gasteiger charge is -2.40. The minimum Gasteiger partial charge on any atom is -0.337 e. The molecule has 1 spiro atoms. The summed E-state index contributed by atoms with van der Waals surface area (Å²) in [4.78, 5) is 41.2. The first-order valence-electron chi connectivity index (χ1n) is 8.42. The summed E-state index contributed by atoms with van der Waals surface area (Å²) >= 11 is 1.52. The minimum absolute atomic E-state index is 0.147. The van der Waals surface area contributed by atoms with Crippen molar-refractivity contribution in [2.45, 2.75) is 23.5 Å². The Morgan fingerprint density at radius 2 is 1.96 bits per heavy atom. The predicted molar refractivity (Wildman–Crippen MR) is 94.6 cm³/mol. The number of nitrogens with zero attached hydrogens (tertiary/aromatic N) is 6. The second-order valence-corrected chi connectivity index (χ2v) is 7.59. The molecule has 3 rings (SSSR count). The zero-order valence-electron chi connectivity index (χ0n) is 15.1. The molecule has 1 aromatic rings. The third-order valence-corrected chi connectivity index (χ3v) is 6.11. The van der Waals surface area contributed by atoms with E-state index in [1.165, 1.54) is 28.6 Å². The number of amides is 5. The van der Waals surface area contributed by atoms with E-state index in [9.17, 15) is 14.4 Å². The molecule has 2 aliphatic heterocycles. The maximum absolute atomic E-state index is 12.5. The van der Waals surface area contributed by atoms with E-state index in [1.807, 2.05) is 11.6 Å². The number of carbonyl (C=O) groups excluding carboxylic acids is 3. The van der Waals surface area contributed by atoms with Gasteiger partial charge in [-0.3, -0.25) is 9.69 Å². The maximum Gasteiger partial charge on any atom is 0.327 e. The average molecular weight is 381 g/mol. The summed E-state index contributed by atoms with van der Waals surface area (Å²) in [5, 5.41) is 11.5. The highest BCUT2D eigenvalue weighted by atomic mass is 32.2. The molecule has 0 radical (unpaired) electrons. The van der Waals surface area contributed by atoms with E-state index in [0.29, 0.717) is 38.2 Å². The first kappa shape index (κ1) is 18.5. The van der Waals surface area contributed by atoms with Gasteiger partial charge in [0.15, 0.2) is 5.16 Å². The summed E-state index contributed by atoms with van der Waals surface area (Å²) in [6.07, 6.45) is 2.55. The minimum atomic E-state index is -0.802. The average Bonchev–Trinajstić information content (AvgIpc) is 3.12. The van der Waals surface area contributed by atoms with Gasteiger partial charge in [-0.2, -0.15) is 0 Å². The fourth-order valence-electron chi connectivity index (χ4n) is 3.39. The predicted octanol–water partition coefficient (Wildman–Crippen LogP) is -0.0248. The smallest absolute Gasteiger partial charge is 0.327 e. The van der Waals surface area contributed by atoms with E-state index >= 15 is 0 Å². The molecule has 2 fully saturated rings. The molecule has 2 aliphatic rings. The van der Waals surface area contributed by atoms with Crippen LogP contribution in [-0.2, 0) is 11.8 Å². The lowest BCUT2D eigenvalue weighted by molar-refractivity contribution is -0.134. The van der Waals surface area contributed by atoms with E-state index in [4.69, 9.17) is 0 Å². The molecule has 26 heavy (non-hydrogen) atoms. The number of carbonyl (C=O) groups is 3. The lowest BCUT2D eigenvalue weighted by Crippen LogP contribution is -2.57. The second-order valence-electron chi connectivity index (χ2n) is 6.53. The van der Waals surface area contributed by atoms with Crippen molar-refractivity contribution in [3.8, 4) is 0 Å². The number of urea groups is 2. The van der Waals surface area contributed by atoms with Crippen LogP contribution in [0.4, 0.5) is 9.59 Å². The van der Waals surface area contributed by atoms with E-state index in [0.717, 1.165) is 5.16 Å². The molecule has 5 amide bonds. The molecular formula is C15H23N7O3S. The number of piperidine rings is 1. The molecule has 0 atom stereocenters. The van der Waals surface area contributed by atoms with Crippen molar-refractivity contribution < 1.29 is 14.4 Å². The third kappa shape index (κ3) is 3.11. The van der Waals surface area contributed by atoms with Gasteiger partial charge in [-0.05, 0) is 12.8 Å². The second kappa shape index (κ2) is 7.14. The topological polar surface area (TPSA) is 104 Å². The van der Waals surface area contributed by atoms with Crippen molar-refractivity contribution >= 4 is 29.7 Å². The Morgan fingerprint density at radius 3 is 2.50 bits per heavy atom. The molecule has 10 nitrogen and oxygen atoms in total. The molecular weight excluding hydrogens is 358 g/mol. The molecule has 0 saturated carbocycles. The van der Waals surface area contributed by atoms with Gasteiger partial charge in [-0.1, -0.05) is 11.8 Å². The van der Waals surface area contributed by atoms with Crippen molar-refractivity contribution in [3.05, 3.63) is 6.33 Å². The summed E-state index contributed by atoms with van der Waals surface area (Å²) in [5.74, 6) is 0.515. The SMILES string of the molecule is CN1C(=O)N(C)C2(CCN(C(=O)NCCSc3nncn3C)CC2)C1=O. The van der Waals surface area contributed by atoms with Crippen LogP contribution in [-0.4, -0.2) is 92.5 Å². The number of hydrogen-bond donors (Lipinski definition) is 1. The van der Waals surface area contributed by atoms with Gasteiger partial charge < -0.3 is 19.7 Å². The van der Waals surface area contributed by atoms with Gasteiger partial charge in [0.1, 0.15) is 11.9 Å². The Kier molecular flexibility index (Phi) is 5.08. The van der Waals surface area contributed by atoms with Gasteiger partial charge in [0.2, 0.25) is 0 Å². The molecule has 142 valence electrons. The zero-order valence-corrected chi connectivity index (χ0v) is 16.0. The van der Waals surface area contributed by atoms with Crippen molar-refractivity contribution in [2.75, 3.05) is 39.5 Å². The number of nitrogens with one attached hydrogen (secondary N) is 1. The van der Waals surface area contributed by atoms with Crippen LogP contribution in [0.25, 0.3) is 0 Å². The summed E-state index contributed by atoms with van der Waals surface area (Å²) in [6.45, 7) is 1.40. The van der Waals surface area contributed by atoms with Gasteiger partial charge in [0, 0.05) is 46.5 Å². The zero-order chi connectivity index (χ0) is 18.9. The lowest BCUT2D eigenvalue weighted by atomic mass is 9.86. The van der Waals surface area contributed by atoms with Crippen molar-refractivity contribution in [3.63, 3.8) is 0 Å². The Balaban J connectivity index is 1.46. The molecule has 0 aromatic carbocycles. The molecule has 3 heterocycles. The summed E-state index contributed by atoms with van der Waals surface area (Å²) in [7, 11) is 5.03. The van der Waals surface area contributed by atoms with Crippen LogP contribution in [0.15, 0.2) is 11.5 Å². The third-order valence-electron chi connectivity index (χ3n) is 5.08. The van der Waals surface area contributed by atoms with Crippen molar-refractivity contribution in [2.24, 2.45) is 7.05 Å². The Labute approximate surface area is 155 Å². The van der Waals surface area contributed by atoms with Gasteiger partial charge in [-0.15, -0.1) is 10.2 Å². The molecule has 0 unspecified atom stereocenters. The first-order chi connectivity index (χ1) is 12.4. The van der Waals surface area contributed by atoms with E-state index in [1.54, 1.807) is 18.3 Å². The number of thioether (sulfide) groups is 1. The number of imide groups is 1. The van der Waals surface area contributed by atoms with Crippen LogP contribution in [0.1, 0.15) is 12.8 Å². The fourth-order valence-corrected chi connectivity index (χ4v) is 4.14. The highest BCUT2D eigenvalue weighted by molar-refractivity contribution is 7.99. The van der Waals surface area contributed by atoms with Gasteiger partial charge in [-0.25, -0.2) is 9.59 Å². The number of aromatic nitrogens is 3. The van der Waals surface area contributed by atoms with E-state index in [-0.39, 0.29) is 18.0 Å². The maximum atomic E-state index is 12.5. The van der Waals surface area contributed by atoms with Crippen molar-refractivity contribution in [1.29, 1.82) is 0 Å². The van der Waals surface area contributed by atoms with Crippen LogP contribution in [0.5, 0.6) is 0 Å². The standard InChI is InChI=1S/C15H23N7O3S/c1-19-10-17-18-13(19)26-9-6-16-12(24)22-7-4-15(5-8-22)11(23)20(2)14(25)21(15)3/h10H,4-9H2,1-3H3,(H,16,24). The quantitative estimate of drug-likeness (QED) is 0.446. The van der Waals surface area contributed by atoms with Gasteiger partial charge >= 0.3 is 12.1 Å². The van der Waals surface area contributed by atoms with Crippen LogP contribution in [0.2, 0.25) is 0 Å². The number of likely N-dealkylation sites (N-methyl/N-ethyl adjacent to an activating group) is 2. The molecule has 0 aliphatic carbocycles. The summed E-state index contributed by atoms with van der Waals surface area (Å²) in [6, 6.07) is -0.431. The van der Waals surface area contributed by atoms with Crippen LogP contribution in [0, 0.1) is 0 Å². The number of aryl methyl sites for hydroxylation is 1. The first-order valence-corrected chi connectivity index (χ1v) is 9.41. The Bertz CT molecular complexity index is 714. The van der Waals surface area contributed by atoms with Crippen LogP contribution < -0.4 is 5.32 Å². The van der Waals surface area contributed by atoms with Crippen LogP contribution >= 0.6 is 11.8 Å². The monoisotopic (exact) mass is 381 g/mol. The highest BCUT2D eigenvalue weighted by Crippen LogP contribution is 2.35. The van der Waals surface area contributed by atoms with E-state index < -0.39 is 5.54 Å². The van der Waals surface area contributed by atoms with Gasteiger partial charge in [0.05, 0.1) is 0 Å². The van der Waals surface area contributed by atoms with E-state index in [2.05, 4.69) is 15.5 Å². The largest absolute Gasteiger partial charge is 0.337 e. The molecule has 0 bridgehead atoms. The normalized spacial score (nSPS) is 19.6. The highest BCUT2D eigenvalue weighted by Gasteiger charge is 2.55. The number of likely N-dealkylation sites (tertiary alicyclic amines) is 1.